The molecule has 0 fully saturated rings. The minimum atomic E-state index is -0.188. The van der Waals surface area contributed by atoms with Crippen molar-refractivity contribution in [2.45, 2.75) is 6.42 Å². The summed E-state index contributed by atoms with van der Waals surface area (Å²) >= 11 is 0. The van der Waals surface area contributed by atoms with Crippen LogP contribution < -0.4 is 5.46 Å². The van der Waals surface area contributed by atoms with Crippen molar-refractivity contribution in [3.8, 4) is 0 Å². The fourth-order valence-corrected chi connectivity index (χ4v) is 3.34. The van der Waals surface area contributed by atoms with Crippen molar-refractivity contribution in [2.24, 2.45) is 0 Å². The van der Waals surface area contributed by atoms with Crippen molar-refractivity contribution < 1.29 is 9.59 Å². The van der Waals surface area contributed by atoms with Crippen molar-refractivity contribution in [3.05, 3.63) is 77.4 Å². The maximum Gasteiger partial charge on any atom is 0.261 e. The molecule has 0 unspecified atom stereocenters. The molecule has 0 saturated heterocycles. The average Bonchev–Trinajstić information content (AvgIpc) is 2.84. The van der Waals surface area contributed by atoms with Crippen molar-refractivity contribution in [1.82, 2.24) is 4.90 Å². The standard InChI is InChI=1S/C20H16BNO2/c21-15-9-8-13-4-3-5-14(18(13)12-15)10-11-22-19(23)16-6-1-2-7-17(16)20(22)24/h1-9,12H,10-11,21H2. The molecule has 0 saturated carbocycles. The lowest BCUT2D eigenvalue weighted by molar-refractivity contribution is 0.0656. The molecule has 0 aromatic heterocycles. The summed E-state index contributed by atoms with van der Waals surface area (Å²) in [4.78, 5) is 26.3. The normalized spacial score (nSPS) is 13.6. The number of carbonyl (C=O) groups is 2. The third-order valence-electron chi connectivity index (χ3n) is 4.61. The van der Waals surface area contributed by atoms with E-state index in [1.807, 2.05) is 6.07 Å². The van der Waals surface area contributed by atoms with Gasteiger partial charge in [-0.2, -0.15) is 0 Å². The Labute approximate surface area is 141 Å². The van der Waals surface area contributed by atoms with E-state index in [-0.39, 0.29) is 11.8 Å². The maximum absolute atomic E-state index is 12.5. The first-order valence-corrected chi connectivity index (χ1v) is 8.08. The Hall–Kier alpha value is -2.88. The van der Waals surface area contributed by atoms with Gasteiger partial charge in [-0.25, -0.2) is 0 Å². The lowest BCUT2D eigenvalue weighted by Crippen LogP contribution is -2.31. The second-order valence-corrected chi connectivity index (χ2v) is 6.20. The van der Waals surface area contributed by atoms with E-state index in [2.05, 4.69) is 38.2 Å². The number of carbonyl (C=O) groups excluding carboxylic acids is 2. The summed E-state index contributed by atoms with van der Waals surface area (Å²) < 4.78 is 0. The number of benzene rings is 3. The molecule has 0 bridgehead atoms. The number of hydrogen-bond donors (Lipinski definition) is 0. The minimum absolute atomic E-state index is 0.188. The highest BCUT2D eigenvalue weighted by atomic mass is 16.2. The summed E-state index contributed by atoms with van der Waals surface area (Å²) in [6.07, 6.45) is 0.659. The number of hydrogen-bond acceptors (Lipinski definition) is 2. The van der Waals surface area contributed by atoms with Gasteiger partial charge < -0.3 is 0 Å². The molecule has 1 aliphatic heterocycles. The summed E-state index contributed by atoms with van der Waals surface area (Å²) in [5.41, 5.74) is 3.39. The van der Waals surface area contributed by atoms with Crippen LogP contribution in [0.15, 0.2) is 60.7 Å². The molecule has 3 aromatic rings. The summed E-state index contributed by atoms with van der Waals surface area (Å²) in [5, 5.41) is 2.37. The third-order valence-corrected chi connectivity index (χ3v) is 4.61. The van der Waals surface area contributed by atoms with Gasteiger partial charge in [0.2, 0.25) is 0 Å². The van der Waals surface area contributed by atoms with Crippen molar-refractivity contribution >= 4 is 35.9 Å². The van der Waals surface area contributed by atoms with Gasteiger partial charge in [-0.3, -0.25) is 14.5 Å². The lowest BCUT2D eigenvalue weighted by Gasteiger charge is -2.15. The Bertz CT molecular complexity index is 945. The summed E-state index contributed by atoms with van der Waals surface area (Å²) in [7, 11) is 2.07. The first-order valence-electron chi connectivity index (χ1n) is 8.08. The maximum atomic E-state index is 12.5. The Morgan fingerprint density at radius 2 is 1.54 bits per heavy atom. The Balaban J connectivity index is 1.62. The number of amides is 2. The predicted molar refractivity (Wildman–Crippen MR) is 97.6 cm³/mol. The number of imide groups is 1. The fourth-order valence-electron chi connectivity index (χ4n) is 3.34. The van der Waals surface area contributed by atoms with Gasteiger partial charge in [0, 0.05) is 6.54 Å². The Kier molecular flexibility index (Phi) is 3.45. The van der Waals surface area contributed by atoms with Crippen LogP contribution in [0.1, 0.15) is 26.3 Å². The van der Waals surface area contributed by atoms with Gasteiger partial charge in [-0.15, -0.1) is 0 Å². The van der Waals surface area contributed by atoms with E-state index in [0.717, 1.165) is 5.56 Å². The highest BCUT2D eigenvalue weighted by Crippen LogP contribution is 2.24. The summed E-state index contributed by atoms with van der Waals surface area (Å²) in [5.74, 6) is -0.376. The quantitative estimate of drug-likeness (QED) is 0.547. The SMILES string of the molecule is Bc1ccc2cccc(CCN3C(=O)c4ccccc4C3=O)c2c1. The predicted octanol–water partition coefficient (Wildman–Crippen LogP) is 1.94. The molecule has 2 amide bonds. The van der Waals surface area contributed by atoms with Crippen molar-refractivity contribution in [2.75, 3.05) is 6.54 Å². The fraction of sp³-hybridized carbons (Fsp3) is 0.100. The monoisotopic (exact) mass is 313 g/mol. The minimum Gasteiger partial charge on any atom is -0.274 e. The van der Waals surface area contributed by atoms with Crippen LogP contribution in [0.2, 0.25) is 0 Å². The van der Waals surface area contributed by atoms with Gasteiger partial charge in [0.25, 0.3) is 11.8 Å². The molecule has 3 aromatic carbocycles. The molecule has 24 heavy (non-hydrogen) atoms. The first kappa shape index (κ1) is 14.7. The third kappa shape index (κ3) is 2.31. The van der Waals surface area contributed by atoms with Crippen LogP contribution in [0.3, 0.4) is 0 Å². The molecule has 0 aliphatic carbocycles. The van der Waals surface area contributed by atoms with Gasteiger partial charge >= 0.3 is 0 Å². The molecule has 4 rings (SSSR count). The summed E-state index contributed by atoms with van der Waals surface area (Å²) in [6, 6.07) is 19.6. The van der Waals surface area contributed by atoms with E-state index in [4.69, 9.17) is 0 Å². The van der Waals surface area contributed by atoms with E-state index in [9.17, 15) is 9.59 Å². The van der Waals surface area contributed by atoms with Crippen LogP contribution in [0, 0.1) is 0 Å². The van der Waals surface area contributed by atoms with Gasteiger partial charge in [0.1, 0.15) is 7.85 Å². The highest BCUT2D eigenvalue weighted by Gasteiger charge is 2.34. The topological polar surface area (TPSA) is 37.4 Å². The van der Waals surface area contributed by atoms with Crippen LogP contribution in [-0.4, -0.2) is 31.1 Å². The number of nitrogens with zero attached hydrogens (tertiary/aromatic N) is 1. The number of rotatable bonds is 3. The lowest BCUT2D eigenvalue weighted by atomic mass is 9.91. The zero-order valence-corrected chi connectivity index (χ0v) is 13.5. The van der Waals surface area contributed by atoms with Gasteiger partial charge in [0.05, 0.1) is 11.1 Å². The van der Waals surface area contributed by atoms with Gasteiger partial charge in [-0.1, -0.05) is 54.0 Å². The smallest absolute Gasteiger partial charge is 0.261 e. The highest BCUT2D eigenvalue weighted by molar-refractivity contribution is 6.33. The van der Waals surface area contributed by atoms with Gasteiger partial charge in [0.15, 0.2) is 0 Å². The molecule has 1 heterocycles. The molecule has 4 heteroatoms. The molecular formula is C20H16BNO2. The van der Waals surface area contributed by atoms with Crippen molar-refractivity contribution in [3.63, 3.8) is 0 Å². The molecular weight excluding hydrogens is 297 g/mol. The Morgan fingerprint density at radius 1 is 0.833 bits per heavy atom. The molecule has 0 spiro atoms. The largest absolute Gasteiger partial charge is 0.274 e. The second kappa shape index (κ2) is 5.64. The summed E-state index contributed by atoms with van der Waals surface area (Å²) in [6.45, 7) is 0.402. The van der Waals surface area contributed by atoms with E-state index < -0.39 is 0 Å². The van der Waals surface area contributed by atoms with Crippen LogP contribution in [0.5, 0.6) is 0 Å². The molecule has 0 radical (unpaired) electrons. The van der Waals surface area contributed by atoms with Crippen LogP contribution in [0.25, 0.3) is 10.8 Å². The number of fused-ring (bicyclic) bond motifs is 2. The molecule has 3 nitrogen and oxygen atoms in total. The van der Waals surface area contributed by atoms with Crippen molar-refractivity contribution in [1.29, 1.82) is 0 Å². The second-order valence-electron chi connectivity index (χ2n) is 6.20. The zero-order chi connectivity index (χ0) is 16.7. The molecule has 0 atom stereocenters. The zero-order valence-electron chi connectivity index (χ0n) is 13.5. The average molecular weight is 313 g/mol. The first-order chi connectivity index (χ1) is 11.6. The van der Waals surface area contributed by atoms with Crippen LogP contribution in [-0.2, 0) is 6.42 Å². The van der Waals surface area contributed by atoms with Crippen LogP contribution >= 0.6 is 0 Å². The Morgan fingerprint density at radius 3 is 2.25 bits per heavy atom. The van der Waals surface area contributed by atoms with E-state index in [0.29, 0.717) is 24.1 Å². The molecule has 116 valence electrons. The van der Waals surface area contributed by atoms with Crippen LogP contribution in [0.4, 0.5) is 0 Å². The molecule has 0 N–H and O–H groups in total. The van der Waals surface area contributed by atoms with E-state index in [1.165, 1.54) is 21.1 Å². The van der Waals surface area contributed by atoms with Gasteiger partial charge in [-0.05, 0) is 34.9 Å². The van der Waals surface area contributed by atoms with E-state index in [1.54, 1.807) is 24.3 Å². The molecule has 1 aliphatic rings. The van der Waals surface area contributed by atoms with E-state index >= 15 is 0 Å².